The van der Waals surface area contributed by atoms with Gasteiger partial charge in [0.2, 0.25) is 5.91 Å². The van der Waals surface area contributed by atoms with Crippen LogP contribution >= 0.6 is 11.3 Å². The molecule has 0 radical (unpaired) electrons. The number of carbonyl (C=O) groups excluding carboxylic acids is 1. The molecule has 2 N–H and O–H groups in total. The number of carbonyl (C=O) groups is 2. The fourth-order valence-corrected chi connectivity index (χ4v) is 3.64. The van der Waals surface area contributed by atoms with Crippen LogP contribution < -0.4 is 5.32 Å². The molecule has 0 spiro atoms. The first kappa shape index (κ1) is 19.5. The van der Waals surface area contributed by atoms with Gasteiger partial charge in [-0.05, 0) is 12.5 Å². The van der Waals surface area contributed by atoms with Crippen molar-refractivity contribution in [2.24, 2.45) is 0 Å². The number of ether oxygens (including phenoxy) is 1. The largest absolute Gasteiger partial charge is 0.480 e. The molecule has 2 heterocycles. The van der Waals surface area contributed by atoms with Gasteiger partial charge in [-0.15, -0.1) is 11.3 Å². The topological polar surface area (TPSA) is 91.8 Å². The predicted octanol–water partition coefficient (Wildman–Crippen LogP) is 1.77. The van der Waals surface area contributed by atoms with Crippen molar-refractivity contribution in [2.75, 3.05) is 26.3 Å². The molecule has 1 aromatic heterocycles. The van der Waals surface area contributed by atoms with Crippen LogP contribution in [-0.2, 0) is 27.3 Å². The van der Waals surface area contributed by atoms with Gasteiger partial charge in [-0.3, -0.25) is 14.5 Å². The van der Waals surface area contributed by atoms with Gasteiger partial charge in [-0.2, -0.15) is 0 Å². The van der Waals surface area contributed by atoms with Gasteiger partial charge in [0, 0.05) is 30.6 Å². The molecular formula is C19H23N3O4S. The van der Waals surface area contributed by atoms with Crippen LogP contribution in [-0.4, -0.2) is 59.2 Å². The lowest BCUT2D eigenvalue weighted by atomic mass is 10.1. The zero-order chi connectivity index (χ0) is 19.2. The second kappa shape index (κ2) is 9.07. The zero-order valence-electron chi connectivity index (χ0n) is 15.2. The van der Waals surface area contributed by atoms with Crippen molar-refractivity contribution in [3.63, 3.8) is 0 Å². The Kier molecular flexibility index (Phi) is 6.54. The maximum Gasteiger partial charge on any atom is 0.325 e. The van der Waals surface area contributed by atoms with Crippen molar-refractivity contribution in [1.29, 1.82) is 0 Å². The lowest BCUT2D eigenvalue weighted by molar-refractivity contribution is -0.141. The van der Waals surface area contributed by atoms with E-state index in [0.29, 0.717) is 5.69 Å². The lowest BCUT2D eigenvalue weighted by Gasteiger charge is -2.26. The lowest BCUT2D eigenvalue weighted by Crippen LogP contribution is -2.39. The van der Waals surface area contributed by atoms with Crippen LogP contribution in [0.1, 0.15) is 18.2 Å². The molecule has 1 aliphatic rings. The van der Waals surface area contributed by atoms with Gasteiger partial charge < -0.3 is 15.2 Å². The van der Waals surface area contributed by atoms with E-state index >= 15 is 0 Å². The monoisotopic (exact) mass is 389 g/mol. The minimum Gasteiger partial charge on any atom is -0.480 e. The van der Waals surface area contributed by atoms with Crippen LogP contribution in [0.5, 0.6) is 0 Å². The van der Waals surface area contributed by atoms with Gasteiger partial charge in [0.1, 0.15) is 11.0 Å². The van der Waals surface area contributed by atoms with Crippen LogP contribution in [0.4, 0.5) is 0 Å². The summed E-state index contributed by atoms with van der Waals surface area (Å²) in [6.45, 7) is 5.85. The zero-order valence-corrected chi connectivity index (χ0v) is 16.0. The maximum atomic E-state index is 11.9. The Morgan fingerprint density at radius 1 is 1.30 bits per heavy atom. The number of benzene rings is 1. The summed E-state index contributed by atoms with van der Waals surface area (Å²) in [5, 5.41) is 14.0. The first-order valence-electron chi connectivity index (χ1n) is 8.87. The van der Waals surface area contributed by atoms with Crippen LogP contribution in [0.3, 0.4) is 0 Å². The summed E-state index contributed by atoms with van der Waals surface area (Å²) in [4.78, 5) is 29.5. The summed E-state index contributed by atoms with van der Waals surface area (Å²) >= 11 is 1.48. The highest BCUT2D eigenvalue weighted by molar-refractivity contribution is 7.13. The number of morpholine rings is 1. The molecule has 144 valence electrons. The third-order valence-electron chi connectivity index (χ3n) is 4.35. The van der Waals surface area contributed by atoms with Crippen molar-refractivity contribution in [2.45, 2.75) is 25.9 Å². The first-order valence-corrected chi connectivity index (χ1v) is 9.75. The number of hydrogen-bond donors (Lipinski definition) is 2. The molecule has 0 saturated carbocycles. The number of carboxylic acids is 1. The molecule has 1 atom stereocenters. The third kappa shape index (κ3) is 5.59. The molecule has 1 unspecified atom stereocenters. The standard InChI is InChI=1S/C19H23N3O4S/c1-13(19(24)25)20-17(23)10-16-12-27-18(21-16)15-4-2-14(3-5-15)11-22-6-8-26-9-7-22/h2-5,12-13H,6-11H2,1H3,(H,20,23)(H,24,25). The van der Waals surface area contributed by atoms with Gasteiger partial charge in [0.25, 0.3) is 0 Å². The number of aliphatic carboxylic acids is 1. The van der Waals surface area contributed by atoms with E-state index in [4.69, 9.17) is 9.84 Å². The number of thiazole rings is 1. The highest BCUT2D eigenvalue weighted by atomic mass is 32.1. The molecule has 0 aliphatic carbocycles. The minimum absolute atomic E-state index is 0.0727. The van der Waals surface area contributed by atoms with Gasteiger partial charge in [0.05, 0.1) is 25.3 Å². The van der Waals surface area contributed by atoms with E-state index in [1.807, 2.05) is 17.5 Å². The summed E-state index contributed by atoms with van der Waals surface area (Å²) in [5.74, 6) is -1.40. The molecule has 1 amide bonds. The Labute approximate surface area is 162 Å². The van der Waals surface area contributed by atoms with Gasteiger partial charge >= 0.3 is 5.97 Å². The summed E-state index contributed by atoms with van der Waals surface area (Å²) in [6.07, 6.45) is 0.0727. The van der Waals surface area contributed by atoms with Gasteiger partial charge in [-0.25, -0.2) is 4.98 Å². The number of aromatic nitrogens is 1. The Morgan fingerprint density at radius 2 is 2.00 bits per heavy atom. The molecule has 7 nitrogen and oxygen atoms in total. The van der Waals surface area contributed by atoms with E-state index in [2.05, 4.69) is 27.3 Å². The molecule has 1 aromatic carbocycles. The predicted molar refractivity (Wildman–Crippen MR) is 103 cm³/mol. The Balaban J connectivity index is 1.57. The van der Waals surface area contributed by atoms with E-state index in [9.17, 15) is 9.59 Å². The summed E-state index contributed by atoms with van der Waals surface area (Å²) in [6, 6.07) is 7.39. The highest BCUT2D eigenvalue weighted by Crippen LogP contribution is 2.24. The van der Waals surface area contributed by atoms with Crippen LogP contribution in [0.25, 0.3) is 10.6 Å². The number of hydrogen-bond acceptors (Lipinski definition) is 6. The van der Waals surface area contributed by atoms with Crippen LogP contribution in [0.15, 0.2) is 29.6 Å². The van der Waals surface area contributed by atoms with Gasteiger partial charge in [-0.1, -0.05) is 24.3 Å². The van der Waals surface area contributed by atoms with Crippen molar-refractivity contribution >= 4 is 23.2 Å². The Morgan fingerprint density at radius 3 is 2.67 bits per heavy atom. The van der Waals surface area contributed by atoms with E-state index < -0.39 is 12.0 Å². The van der Waals surface area contributed by atoms with E-state index in [0.717, 1.165) is 43.4 Å². The van der Waals surface area contributed by atoms with Gasteiger partial charge in [0.15, 0.2) is 0 Å². The fourth-order valence-electron chi connectivity index (χ4n) is 2.81. The molecule has 3 rings (SSSR count). The van der Waals surface area contributed by atoms with E-state index in [1.54, 1.807) is 0 Å². The molecule has 8 heteroatoms. The van der Waals surface area contributed by atoms with E-state index in [-0.39, 0.29) is 12.3 Å². The highest BCUT2D eigenvalue weighted by Gasteiger charge is 2.16. The molecule has 0 bridgehead atoms. The SMILES string of the molecule is CC(NC(=O)Cc1csc(-c2ccc(CN3CCOCC3)cc2)n1)C(=O)O. The quantitative estimate of drug-likeness (QED) is 0.750. The molecule has 1 aliphatic heterocycles. The Hall–Kier alpha value is -2.29. The minimum atomic E-state index is -1.06. The molecule has 1 saturated heterocycles. The second-order valence-corrected chi connectivity index (χ2v) is 7.39. The third-order valence-corrected chi connectivity index (χ3v) is 5.29. The molecule has 2 aromatic rings. The molecule has 1 fully saturated rings. The number of carboxylic acid groups (broad SMARTS) is 1. The number of nitrogens with zero attached hydrogens (tertiary/aromatic N) is 2. The average Bonchev–Trinajstić information content (AvgIpc) is 3.11. The van der Waals surface area contributed by atoms with Crippen LogP contribution in [0.2, 0.25) is 0 Å². The number of nitrogens with one attached hydrogen (secondary N) is 1. The Bertz CT molecular complexity index is 785. The van der Waals surface area contributed by atoms with Crippen LogP contribution in [0, 0.1) is 0 Å². The normalized spacial score (nSPS) is 16.0. The molecule has 27 heavy (non-hydrogen) atoms. The van der Waals surface area contributed by atoms with Crippen molar-refractivity contribution in [3.05, 3.63) is 40.9 Å². The molecular weight excluding hydrogens is 366 g/mol. The van der Waals surface area contributed by atoms with Crippen molar-refractivity contribution in [1.82, 2.24) is 15.2 Å². The second-order valence-electron chi connectivity index (χ2n) is 6.53. The van der Waals surface area contributed by atoms with Crippen molar-refractivity contribution < 1.29 is 19.4 Å². The average molecular weight is 389 g/mol. The number of rotatable bonds is 7. The summed E-state index contributed by atoms with van der Waals surface area (Å²) in [7, 11) is 0. The number of amides is 1. The van der Waals surface area contributed by atoms with E-state index in [1.165, 1.54) is 23.8 Å². The summed E-state index contributed by atoms with van der Waals surface area (Å²) in [5.41, 5.74) is 2.90. The first-order chi connectivity index (χ1) is 13.0. The maximum absolute atomic E-state index is 11.9. The van der Waals surface area contributed by atoms with Crippen molar-refractivity contribution in [3.8, 4) is 10.6 Å². The summed E-state index contributed by atoms with van der Waals surface area (Å²) < 4.78 is 5.37. The smallest absolute Gasteiger partial charge is 0.325 e. The fraction of sp³-hybridized carbons (Fsp3) is 0.421.